The minimum atomic E-state index is 0.0534. The van der Waals surface area contributed by atoms with Crippen molar-refractivity contribution in [3.05, 3.63) is 132 Å². The number of nitrogens with one attached hydrogen (secondary N) is 1. The molecule has 5 aromatic carbocycles. The molecule has 1 heterocycles. The molecule has 0 aliphatic carbocycles. The molecule has 1 unspecified atom stereocenters. The minimum absolute atomic E-state index is 0.0534. The van der Waals surface area contributed by atoms with E-state index in [9.17, 15) is 0 Å². The zero-order valence-electron chi connectivity index (χ0n) is 20.9. The second-order valence-electron chi connectivity index (χ2n) is 9.16. The molecule has 0 fully saturated rings. The molecule has 0 saturated carbocycles. The number of rotatable bonds is 6. The van der Waals surface area contributed by atoms with Crippen molar-refractivity contribution in [3.8, 4) is 11.5 Å². The smallest absolute Gasteiger partial charge is 0.119 e. The van der Waals surface area contributed by atoms with E-state index in [0.29, 0.717) is 0 Å². The molecule has 0 saturated heterocycles. The van der Waals surface area contributed by atoms with Crippen molar-refractivity contribution in [3.63, 3.8) is 0 Å². The van der Waals surface area contributed by atoms with E-state index >= 15 is 0 Å². The van der Waals surface area contributed by atoms with Gasteiger partial charge in [0.1, 0.15) is 11.5 Å². The third-order valence-electron chi connectivity index (χ3n) is 6.84. The highest BCUT2D eigenvalue weighted by Gasteiger charge is 2.25. The van der Waals surface area contributed by atoms with E-state index in [1.807, 2.05) is 18.2 Å². The van der Waals surface area contributed by atoms with Crippen LogP contribution in [0.1, 0.15) is 17.2 Å². The van der Waals surface area contributed by atoms with Crippen molar-refractivity contribution in [1.29, 1.82) is 0 Å². The van der Waals surface area contributed by atoms with Gasteiger partial charge in [-0.15, -0.1) is 0 Å². The highest BCUT2D eigenvalue weighted by molar-refractivity contribution is 5.86. The lowest BCUT2D eigenvalue weighted by atomic mass is 10.0. The maximum Gasteiger partial charge on any atom is 0.119 e. The summed E-state index contributed by atoms with van der Waals surface area (Å²) in [7, 11) is 3.40. The summed E-state index contributed by atoms with van der Waals surface area (Å²) in [5, 5.41) is 6.93. The van der Waals surface area contributed by atoms with Gasteiger partial charge in [-0.25, -0.2) is 0 Å². The van der Waals surface area contributed by atoms with Crippen LogP contribution in [0.3, 0.4) is 0 Å². The van der Waals surface area contributed by atoms with Gasteiger partial charge in [-0.1, -0.05) is 60.7 Å². The third-order valence-corrected chi connectivity index (χ3v) is 6.84. The Bertz CT molecular complexity index is 1640. The normalized spacial score (nSPS) is 15.2. The summed E-state index contributed by atoms with van der Waals surface area (Å²) in [5.41, 5.74) is 8.15. The van der Waals surface area contributed by atoms with Crippen molar-refractivity contribution in [2.75, 3.05) is 19.2 Å². The molecule has 0 amide bonds. The predicted molar refractivity (Wildman–Crippen MR) is 153 cm³/mol. The molecule has 182 valence electrons. The molecule has 5 aromatic rings. The van der Waals surface area contributed by atoms with Crippen LogP contribution >= 0.6 is 0 Å². The Morgan fingerprint density at radius 3 is 1.97 bits per heavy atom. The Labute approximate surface area is 217 Å². The fourth-order valence-electron chi connectivity index (χ4n) is 4.85. The first kappa shape index (κ1) is 22.7. The summed E-state index contributed by atoms with van der Waals surface area (Å²) in [6, 6.07) is 36.0. The van der Waals surface area contributed by atoms with Gasteiger partial charge in [0.05, 0.1) is 31.6 Å². The number of anilines is 1. The van der Waals surface area contributed by atoms with Crippen LogP contribution in [0.5, 0.6) is 11.5 Å². The second kappa shape index (κ2) is 9.75. The van der Waals surface area contributed by atoms with Gasteiger partial charge in [-0.2, -0.15) is 0 Å². The SMILES string of the molecule is COc1ccc2cc(C=CC3=CC(c4ccc5cc(OC)ccc5c4)N(c4ccccc4)N3)ccc2c1. The van der Waals surface area contributed by atoms with E-state index in [2.05, 4.69) is 114 Å². The number of nitrogens with zero attached hydrogens (tertiary/aromatic N) is 1. The number of ether oxygens (including phenoxy) is 2. The van der Waals surface area contributed by atoms with E-state index < -0.39 is 0 Å². The number of fused-ring (bicyclic) bond motifs is 2. The Kier molecular flexibility index (Phi) is 5.99. The molecule has 6 rings (SSSR count). The molecule has 0 bridgehead atoms. The molecule has 1 N–H and O–H groups in total. The predicted octanol–water partition coefficient (Wildman–Crippen LogP) is 7.67. The molecule has 0 spiro atoms. The Morgan fingerprint density at radius 1 is 0.649 bits per heavy atom. The van der Waals surface area contributed by atoms with Crippen LogP contribution in [0.25, 0.3) is 27.6 Å². The summed E-state index contributed by atoms with van der Waals surface area (Å²) >= 11 is 0. The maximum atomic E-state index is 5.40. The second-order valence-corrected chi connectivity index (χ2v) is 9.16. The Morgan fingerprint density at radius 2 is 1.27 bits per heavy atom. The number of allylic oxidation sites excluding steroid dienone is 1. The van der Waals surface area contributed by atoms with Crippen LogP contribution in [0.2, 0.25) is 0 Å². The molecule has 37 heavy (non-hydrogen) atoms. The van der Waals surface area contributed by atoms with Crippen LogP contribution in [0, 0.1) is 0 Å². The lowest BCUT2D eigenvalue weighted by molar-refractivity contribution is 0.415. The molecule has 4 nitrogen and oxygen atoms in total. The van der Waals surface area contributed by atoms with Crippen molar-refractivity contribution in [1.82, 2.24) is 5.43 Å². The third kappa shape index (κ3) is 4.62. The van der Waals surface area contributed by atoms with Gasteiger partial charge >= 0.3 is 0 Å². The first-order valence-corrected chi connectivity index (χ1v) is 12.4. The van der Waals surface area contributed by atoms with Crippen molar-refractivity contribution in [2.45, 2.75) is 6.04 Å². The lowest BCUT2D eigenvalue weighted by Gasteiger charge is -2.27. The fourth-order valence-corrected chi connectivity index (χ4v) is 4.85. The van der Waals surface area contributed by atoms with Crippen LogP contribution in [-0.4, -0.2) is 14.2 Å². The number of hydrogen-bond donors (Lipinski definition) is 1. The van der Waals surface area contributed by atoms with Gasteiger partial charge in [-0.3, -0.25) is 10.4 Å². The fraction of sp³-hybridized carbons (Fsp3) is 0.0909. The maximum absolute atomic E-state index is 5.40. The minimum Gasteiger partial charge on any atom is -0.497 e. The first-order chi connectivity index (χ1) is 18.2. The van der Waals surface area contributed by atoms with Crippen molar-refractivity contribution < 1.29 is 9.47 Å². The average Bonchev–Trinajstić information content (AvgIpc) is 3.40. The molecular formula is C33H28N2O2. The number of hydrogen-bond acceptors (Lipinski definition) is 4. The van der Waals surface area contributed by atoms with Crippen LogP contribution < -0.4 is 19.9 Å². The number of para-hydroxylation sites is 1. The zero-order chi connectivity index (χ0) is 25.2. The van der Waals surface area contributed by atoms with Crippen molar-refractivity contribution >= 4 is 33.3 Å². The highest BCUT2D eigenvalue weighted by Crippen LogP contribution is 2.34. The molecule has 1 aliphatic rings. The van der Waals surface area contributed by atoms with E-state index in [1.54, 1.807) is 14.2 Å². The van der Waals surface area contributed by atoms with Crippen LogP contribution in [-0.2, 0) is 0 Å². The van der Waals surface area contributed by atoms with E-state index in [1.165, 1.54) is 27.1 Å². The van der Waals surface area contributed by atoms with Gasteiger partial charge in [-0.05, 0) is 93.4 Å². The van der Waals surface area contributed by atoms with E-state index in [-0.39, 0.29) is 6.04 Å². The van der Waals surface area contributed by atoms with Gasteiger partial charge < -0.3 is 9.47 Å². The summed E-state index contributed by atoms with van der Waals surface area (Å²) in [6.07, 6.45) is 6.58. The van der Waals surface area contributed by atoms with E-state index in [4.69, 9.17) is 9.47 Å². The quantitative estimate of drug-likeness (QED) is 0.268. The molecule has 4 heteroatoms. The highest BCUT2D eigenvalue weighted by atomic mass is 16.5. The van der Waals surface area contributed by atoms with Gasteiger partial charge in [0, 0.05) is 0 Å². The van der Waals surface area contributed by atoms with Crippen LogP contribution in [0.4, 0.5) is 5.69 Å². The van der Waals surface area contributed by atoms with Gasteiger partial charge in [0.25, 0.3) is 0 Å². The summed E-state index contributed by atoms with van der Waals surface area (Å²) in [4.78, 5) is 0. The molecular weight excluding hydrogens is 456 g/mol. The standard InChI is InChI=1S/C33H28N2O2/c1-36-31-16-13-24-18-23(8-10-26(24)20-31)9-15-29-22-33(35(34-29)30-6-4-3-5-7-30)28-12-11-27-21-32(37-2)17-14-25(27)19-28/h3-22,33-34H,1-2H3. The summed E-state index contributed by atoms with van der Waals surface area (Å²) in [6.45, 7) is 0. The zero-order valence-corrected chi connectivity index (χ0v) is 20.9. The Hall–Kier alpha value is -4.70. The van der Waals surface area contributed by atoms with Gasteiger partial charge in [0.15, 0.2) is 0 Å². The van der Waals surface area contributed by atoms with Crippen molar-refractivity contribution in [2.24, 2.45) is 0 Å². The first-order valence-electron chi connectivity index (χ1n) is 12.4. The number of benzene rings is 5. The molecule has 0 aromatic heterocycles. The van der Waals surface area contributed by atoms with E-state index in [0.717, 1.165) is 28.4 Å². The van der Waals surface area contributed by atoms with Crippen LogP contribution in [0.15, 0.2) is 121 Å². The molecule has 0 radical (unpaired) electrons. The average molecular weight is 485 g/mol. The lowest BCUT2D eigenvalue weighted by Crippen LogP contribution is -2.33. The Balaban J connectivity index is 1.33. The van der Waals surface area contributed by atoms with Gasteiger partial charge in [0.2, 0.25) is 0 Å². The summed E-state index contributed by atoms with van der Waals surface area (Å²) in [5.74, 6) is 1.74. The monoisotopic (exact) mass is 484 g/mol. The number of methoxy groups -OCH3 is 2. The largest absolute Gasteiger partial charge is 0.497 e. The topological polar surface area (TPSA) is 33.7 Å². The summed E-state index contributed by atoms with van der Waals surface area (Å²) < 4.78 is 10.8. The number of hydrazine groups is 1. The molecule has 1 atom stereocenters. The molecule has 1 aliphatic heterocycles.